The van der Waals surface area contributed by atoms with E-state index in [2.05, 4.69) is 28.1 Å². The molecule has 0 bridgehead atoms. The third-order valence-corrected chi connectivity index (χ3v) is 2.31. The fourth-order valence-electron chi connectivity index (χ4n) is 1.55. The van der Waals surface area contributed by atoms with Gasteiger partial charge >= 0.3 is 0 Å². The van der Waals surface area contributed by atoms with Crippen molar-refractivity contribution < 1.29 is 4.74 Å². The second-order valence-electron chi connectivity index (χ2n) is 3.75. The zero-order valence-corrected chi connectivity index (χ0v) is 9.92. The fourth-order valence-corrected chi connectivity index (χ4v) is 1.55. The van der Waals surface area contributed by atoms with E-state index in [-0.39, 0.29) is 0 Å². The molecule has 1 aromatic rings. The molecule has 0 saturated carbocycles. The Morgan fingerprint density at radius 2 is 2.20 bits per heavy atom. The fraction of sp³-hybridized carbons (Fsp3) is 0.727. The number of hydrogen-bond donors (Lipinski definition) is 1. The molecule has 0 spiro atoms. The van der Waals surface area contributed by atoms with Crippen LogP contribution in [0.4, 0.5) is 0 Å². The van der Waals surface area contributed by atoms with Crippen LogP contribution in [-0.4, -0.2) is 36.6 Å². The van der Waals surface area contributed by atoms with Gasteiger partial charge in [0.2, 0.25) is 0 Å². The van der Waals surface area contributed by atoms with E-state index in [0.29, 0.717) is 0 Å². The predicted octanol–water partition coefficient (Wildman–Crippen LogP) is 1.13. The van der Waals surface area contributed by atoms with Crippen LogP contribution in [-0.2, 0) is 11.3 Å². The molecule has 0 atom stereocenters. The number of aryl methyl sites for hydroxylation is 3. The number of nitrogens with one attached hydrogen (secondary N) is 1. The van der Waals surface area contributed by atoms with Gasteiger partial charge < -0.3 is 10.1 Å². The van der Waals surface area contributed by atoms with Crippen LogP contribution in [0.3, 0.4) is 0 Å². The molecule has 0 aliphatic rings. The summed E-state index contributed by atoms with van der Waals surface area (Å²) >= 11 is 0. The first-order valence-electron chi connectivity index (χ1n) is 5.44. The first kappa shape index (κ1) is 12.2. The maximum absolute atomic E-state index is 4.95. The third-order valence-electron chi connectivity index (χ3n) is 2.31. The Kier molecular flexibility index (Phi) is 5.36. The molecule has 15 heavy (non-hydrogen) atoms. The second kappa shape index (κ2) is 6.58. The Morgan fingerprint density at radius 1 is 1.40 bits per heavy atom. The highest BCUT2D eigenvalue weighted by molar-refractivity contribution is 5.06. The van der Waals surface area contributed by atoms with Gasteiger partial charge in [-0.25, -0.2) is 0 Å². The first-order chi connectivity index (χ1) is 7.24. The average molecular weight is 211 g/mol. The molecule has 4 heteroatoms. The molecule has 1 heterocycles. The second-order valence-corrected chi connectivity index (χ2v) is 3.75. The summed E-state index contributed by atoms with van der Waals surface area (Å²) in [6.07, 6.45) is 1.10. The van der Waals surface area contributed by atoms with Crippen LogP contribution >= 0.6 is 0 Å². The van der Waals surface area contributed by atoms with E-state index in [1.165, 1.54) is 5.69 Å². The van der Waals surface area contributed by atoms with Gasteiger partial charge in [0.15, 0.2) is 0 Å². The van der Waals surface area contributed by atoms with Crippen molar-refractivity contribution in [3.05, 3.63) is 17.5 Å². The molecule has 0 unspecified atom stereocenters. The first-order valence-corrected chi connectivity index (χ1v) is 5.44. The molecular formula is C11H21N3O. The molecule has 0 fully saturated rings. The van der Waals surface area contributed by atoms with Crippen LogP contribution in [0, 0.1) is 13.8 Å². The number of methoxy groups -OCH3 is 1. The lowest BCUT2D eigenvalue weighted by Crippen LogP contribution is -2.21. The lowest BCUT2D eigenvalue weighted by atomic mass is 10.4. The molecule has 0 radical (unpaired) electrons. The number of rotatable bonds is 7. The summed E-state index contributed by atoms with van der Waals surface area (Å²) in [4.78, 5) is 0. The molecule has 1 N–H and O–H groups in total. The van der Waals surface area contributed by atoms with Crippen LogP contribution in [0.1, 0.15) is 17.8 Å². The number of hydrogen-bond acceptors (Lipinski definition) is 3. The van der Waals surface area contributed by atoms with Crippen molar-refractivity contribution in [2.75, 3.05) is 26.8 Å². The zero-order chi connectivity index (χ0) is 11.1. The van der Waals surface area contributed by atoms with Gasteiger partial charge in [0.05, 0.1) is 12.3 Å². The quantitative estimate of drug-likeness (QED) is 0.687. The van der Waals surface area contributed by atoms with Gasteiger partial charge in [-0.2, -0.15) is 5.10 Å². The van der Waals surface area contributed by atoms with Gasteiger partial charge in [0.1, 0.15) is 0 Å². The van der Waals surface area contributed by atoms with Crippen molar-refractivity contribution in [3.8, 4) is 0 Å². The van der Waals surface area contributed by atoms with Gasteiger partial charge in [0, 0.05) is 25.9 Å². The molecule has 86 valence electrons. The summed E-state index contributed by atoms with van der Waals surface area (Å²) in [5.74, 6) is 0. The lowest BCUT2D eigenvalue weighted by Gasteiger charge is -2.05. The minimum Gasteiger partial charge on any atom is -0.383 e. The minimum atomic E-state index is 0.778. The van der Waals surface area contributed by atoms with Gasteiger partial charge in [-0.1, -0.05) is 0 Å². The van der Waals surface area contributed by atoms with Crippen molar-refractivity contribution in [3.63, 3.8) is 0 Å². The van der Waals surface area contributed by atoms with E-state index in [4.69, 9.17) is 4.74 Å². The van der Waals surface area contributed by atoms with Crippen LogP contribution in [0.25, 0.3) is 0 Å². The monoisotopic (exact) mass is 211 g/mol. The van der Waals surface area contributed by atoms with Gasteiger partial charge in [-0.05, 0) is 32.9 Å². The molecule has 0 aromatic carbocycles. The topological polar surface area (TPSA) is 39.1 Å². The van der Waals surface area contributed by atoms with E-state index in [1.54, 1.807) is 7.11 Å². The molecule has 0 aliphatic heterocycles. The van der Waals surface area contributed by atoms with Crippen molar-refractivity contribution in [1.82, 2.24) is 15.1 Å². The van der Waals surface area contributed by atoms with E-state index in [1.807, 2.05) is 6.92 Å². The highest BCUT2D eigenvalue weighted by Crippen LogP contribution is 2.01. The zero-order valence-electron chi connectivity index (χ0n) is 9.92. The van der Waals surface area contributed by atoms with Crippen LogP contribution in [0.5, 0.6) is 0 Å². The average Bonchev–Trinajstić information content (AvgIpc) is 2.51. The molecular weight excluding hydrogens is 190 g/mol. The Balaban J connectivity index is 2.12. The molecule has 0 aliphatic carbocycles. The molecule has 4 nitrogen and oxygen atoms in total. The van der Waals surface area contributed by atoms with E-state index >= 15 is 0 Å². The minimum absolute atomic E-state index is 0.778. The standard InChI is InChI=1S/C11H21N3O/c1-10-9-11(2)14(13-10)7-4-5-12-6-8-15-3/h9,12H,4-8H2,1-3H3. The maximum Gasteiger partial charge on any atom is 0.0596 e. The smallest absolute Gasteiger partial charge is 0.0596 e. The Labute approximate surface area is 91.6 Å². The molecule has 0 amide bonds. The summed E-state index contributed by atoms with van der Waals surface area (Å²) in [6, 6.07) is 2.11. The maximum atomic E-state index is 4.95. The molecule has 1 rings (SSSR count). The highest BCUT2D eigenvalue weighted by atomic mass is 16.5. The number of ether oxygens (including phenoxy) is 1. The van der Waals surface area contributed by atoms with Gasteiger partial charge in [0.25, 0.3) is 0 Å². The van der Waals surface area contributed by atoms with E-state index in [0.717, 1.165) is 38.4 Å². The molecule has 0 saturated heterocycles. The SMILES string of the molecule is COCCNCCCn1nc(C)cc1C. The van der Waals surface area contributed by atoms with Crippen molar-refractivity contribution in [2.45, 2.75) is 26.8 Å². The van der Waals surface area contributed by atoms with Crippen LogP contribution in [0.15, 0.2) is 6.07 Å². The Hall–Kier alpha value is -0.870. The summed E-state index contributed by atoms with van der Waals surface area (Å²) in [5.41, 5.74) is 2.34. The Bertz CT molecular complexity index is 283. The lowest BCUT2D eigenvalue weighted by molar-refractivity contribution is 0.199. The summed E-state index contributed by atoms with van der Waals surface area (Å²) < 4.78 is 7.01. The normalized spacial score (nSPS) is 10.9. The largest absolute Gasteiger partial charge is 0.383 e. The number of aromatic nitrogens is 2. The molecule has 1 aromatic heterocycles. The third kappa shape index (κ3) is 4.44. The van der Waals surface area contributed by atoms with Crippen molar-refractivity contribution in [1.29, 1.82) is 0 Å². The summed E-state index contributed by atoms with van der Waals surface area (Å²) in [7, 11) is 1.72. The summed E-state index contributed by atoms with van der Waals surface area (Å²) in [5, 5.41) is 7.73. The van der Waals surface area contributed by atoms with Gasteiger partial charge in [-0.15, -0.1) is 0 Å². The van der Waals surface area contributed by atoms with Crippen molar-refractivity contribution >= 4 is 0 Å². The van der Waals surface area contributed by atoms with Crippen molar-refractivity contribution in [2.24, 2.45) is 0 Å². The van der Waals surface area contributed by atoms with E-state index in [9.17, 15) is 0 Å². The van der Waals surface area contributed by atoms with Gasteiger partial charge in [-0.3, -0.25) is 4.68 Å². The predicted molar refractivity (Wildman–Crippen MR) is 61.1 cm³/mol. The summed E-state index contributed by atoms with van der Waals surface area (Å²) in [6.45, 7) is 7.83. The highest BCUT2D eigenvalue weighted by Gasteiger charge is 1.99. The van der Waals surface area contributed by atoms with Crippen LogP contribution in [0.2, 0.25) is 0 Å². The van der Waals surface area contributed by atoms with Crippen LogP contribution < -0.4 is 5.32 Å². The number of nitrogens with zero attached hydrogens (tertiary/aromatic N) is 2. The Morgan fingerprint density at radius 3 is 2.80 bits per heavy atom. The van der Waals surface area contributed by atoms with E-state index < -0.39 is 0 Å².